The molecule has 0 bridgehead atoms. The first-order valence-electron chi connectivity index (χ1n) is 7.13. The molecule has 0 spiro atoms. The summed E-state index contributed by atoms with van der Waals surface area (Å²) in [5.74, 6) is -0.215. The first-order valence-corrected chi connectivity index (χ1v) is 7.13. The van der Waals surface area contributed by atoms with E-state index >= 15 is 0 Å². The molecular weight excluding hydrogens is 272 g/mol. The van der Waals surface area contributed by atoms with Crippen LogP contribution in [0.25, 0.3) is 0 Å². The van der Waals surface area contributed by atoms with E-state index in [1.807, 2.05) is 18.4 Å². The molecule has 1 N–H and O–H groups in total. The molecule has 1 heterocycles. The van der Waals surface area contributed by atoms with Crippen LogP contribution < -0.4 is 5.43 Å². The van der Waals surface area contributed by atoms with Gasteiger partial charge in [-0.3, -0.25) is 9.69 Å². The number of hydrogen-bond acceptors (Lipinski definition) is 5. The highest BCUT2D eigenvalue weighted by Gasteiger charge is 2.12. The number of methoxy groups -OCH3 is 2. The van der Waals surface area contributed by atoms with E-state index < -0.39 is 0 Å². The highest BCUT2D eigenvalue weighted by Crippen LogP contribution is 2.14. The fourth-order valence-corrected chi connectivity index (χ4v) is 2.13. The van der Waals surface area contributed by atoms with Crippen molar-refractivity contribution in [3.8, 4) is 5.75 Å². The van der Waals surface area contributed by atoms with Crippen LogP contribution in [0.15, 0.2) is 17.1 Å². The van der Waals surface area contributed by atoms with E-state index in [9.17, 15) is 9.90 Å². The first-order chi connectivity index (χ1) is 9.99. The number of rotatable bonds is 9. The van der Waals surface area contributed by atoms with Gasteiger partial charge in [0.2, 0.25) is 5.43 Å². The summed E-state index contributed by atoms with van der Waals surface area (Å²) < 4.78 is 12.2. The van der Waals surface area contributed by atoms with Gasteiger partial charge in [-0.1, -0.05) is 0 Å². The van der Waals surface area contributed by atoms with Crippen LogP contribution in [0.3, 0.4) is 0 Å². The third kappa shape index (κ3) is 5.49. The van der Waals surface area contributed by atoms with Crippen LogP contribution >= 0.6 is 0 Å². The molecule has 0 aliphatic heterocycles. The first kappa shape index (κ1) is 17.7. The van der Waals surface area contributed by atoms with E-state index in [-0.39, 0.29) is 17.2 Å². The molecule has 0 saturated carbocycles. The Morgan fingerprint density at radius 1 is 1.24 bits per heavy atom. The molecule has 6 heteroatoms. The number of aromatic nitrogens is 1. The van der Waals surface area contributed by atoms with Crippen LogP contribution in [0.5, 0.6) is 5.75 Å². The molecular formula is C15H26N2O4. The van der Waals surface area contributed by atoms with Crippen LogP contribution in [0, 0.1) is 0 Å². The van der Waals surface area contributed by atoms with E-state index in [1.54, 1.807) is 14.2 Å². The van der Waals surface area contributed by atoms with Crippen molar-refractivity contribution in [2.75, 3.05) is 40.5 Å². The lowest BCUT2D eigenvalue weighted by atomic mass is 10.2. The average Bonchev–Trinajstić information content (AvgIpc) is 2.45. The molecule has 0 amide bonds. The molecule has 0 aliphatic carbocycles. The second-order valence-electron chi connectivity index (χ2n) is 5.28. The average molecular weight is 298 g/mol. The summed E-state index contributed by atoms with van der Waals surface area (Å²) in [4.78, 5) is 13.9. The molecule has 0 unspecified atom stereocenters. The zero-order valence-electron chi connectivity index (χ0n) is 13.3. The second kappa shape index (κ2) is 8.81. The lowest BCUT2D eigenvalue weighted by Crippen LogP contribution is -2.32. The van der Waals surface area contributed by atoms with Gasteiger partial charge >= 0.3 is 0 Å². The summed E-state index contributed by atoms with van der Waals surface area (Å²) in [6.07, 6.45) is 1.51. The molecule has 0 saturated heterocycles. The lowest BCUT2D eigenvalue weighted by Gasteiger charge is -2.25. The van der Waals surface area contributed by atoms with Gasteiger partial charge in [-0.25, -0.2) is 0 Å². The molecule has 0 radical (unpaired) electrons. The number of nitrogens with zero attached hydrogens (tertiary/aromatic N) is 2. The fourth-order valence-electron chi connectivity index (χ4n) is 2.13. The molecule has 120 valence electrons. The van der Waals surface area contributed by atoms with Crippen molar-refractivity contribution in [2.24, 2.45) is 0 Å². The number of pyridine rings is 1. The van der Waals surface area contributed by atoms with Gasteiger partial charge in [0.15, 0.2) is 5.75 Å². The van der Waals surface area contributed by atoms with E-state index in [0.717, 1.165) is 18.8 Å². The van der Waals surface area contributed by atoms with E-state index in [4.69, 9.17) is 9.47 Å². The summed E-state index contributed by atoms with van der Waals surface area (Å²) in [6, 6.07) is 1.67. The summed E-state index contributed by atoms with van der Waals surface area (Å²) in [7, 11) is 3.33. The van der Waals surface area contributed by atoms with Gasteiger partial charge in [0.05, 0.1) is 19.4 Å². The maximum Gasteiger partial charge on any atom is 0.223 e. The standard InChI is InChI=1S/C15H26N2O4/c1-12(2)17-11-15(19)14(18)9-13(17)10-16(5-7-20-3)6-8-21-4/h9,11-12,19H,5-8,10H2,1-4H3. The van der Waals surface area contributed by atoms with Crippen LogP contribution in [0.1, 0.15) is 25.6 Å². The Bertz CT molecular complexity index is 477. The summed E-state index contributed by atoms with van der Waals surface area (Å²) in [5.41, 5.74) is 0.528. The van der Waals surface area contributed by atoms with Crippen LogP contribution in [-0.4, -0.2) is 55.1 Å². The molecule has 1 rings (SSSR count). The Morgan fingerprint density at radius 3 is 2.29 bits per heavy atom. The monoisotopic (exact) mass is 298 g/mol. The van der Waals surface area contributed by atoms with Crippen molar-refractivity contribution in [1.82, 2.24) is 9.47 Å². The maximum absolute atomic E-state index is 11.7. The molecule has 1 aromatic heterocycles. The lowest BCUT2D eigenvalue weighted by molar-refractivity contribution is 0.108. The molecule has 0 aromatic carbocycles. The summed E-state index contributed by atoms with van der Waals surface area (Å²) >= 11 is 0. The van der Waals surface area contributed by atoms with Crippen molar-refractivity contribution >= 4 is 0 Å². The Hall–Kier alpha value is -1.37. The van der Waals surface area contributed by atoms with Crippen molar-refractivity contribution in [2.45, 2.75) is 26.4 Å². The van der Waals surface area contributed by atoms with Crippen LogP contribution in [0.2, 0.25) is 0 Å². The molecule has 6 nitrogen and oxygen atoms in total. The fraction of sp³-hybridized carbons (Fsp3) is 0.667. The van der Waals surface area contributed by atoms with E-state index in [2.05, 4.69) is 4.90 Å². The molecule has 0 atom stereocenters. The Balaban J connectivity index is 2.95. The zero-order valence-corrected chi connectivity index (χ0v) is 13.3. The number of ether oxygens (including phenoxy) is 2. The van der Waals surface area contributed by atoms with Gasteiger partial charge in [-0.2, -0.15) is 0 Å². The van der Waals surface area contributed by atoms with Crippen molar-refractivity contribution < 1.29 is 14.6 Å². The topological polar surface area (TPSA) is 63.9 Å². The minimum Gasteiger partial charge on any atom is -0.503 e. The smallest absolute Gasteiger partial charge is 0.223 e. The maximum atomic E-state index is 11.7. The number of hydrogen-bond donors (Lipinski definition) is 1. The minimum atomic E-state index is -0.347. The summed E-state index contributed by atoms with van der Waals surface area (Å²) in [6.45, 7) is 7.39. The zero-order chi connectivity index (χ0) is 15.8. The molecule has 0 fully saturated rings. The number of aromatic hydroxyl groups is 1. The van der Waals surface area contributed by atoms with Gasteiger partial charge in [0.1, 0.15) is 0 Å². The molecule has 0 aliphatic rings. The summed E-state index contributed by atoms with van der Waals surface area (Å²) in [5, 5.41) is 9.60. The highest BCUT2D eigenvalue weighted by molar-refractivity contribution is 5.21. The minimum absolute atomic E-state index is 0.165. The van der Waals surface area contributed by atoms with E-state index in [1.165, 1.54) is 12.3 Å². The van der Waals surface area contributed by atoms with Gasteiger partial charge in [0, 0.05) is 51.7 Å². The van der Waals surface area contributed by atoms with Crippen molar-refractivity contribution in [3.05, 3.63) is 28.2 Å². The normalized spacial score (nSPS) is 11.5. The third-order valence-electron chi connectivity index (χ3n) is 3.31. The predicted octanol–water partition coefficient (Wildman–Crippen LogP) is 1.23. The Labute approximate surface area is 125 Å². The second-order valence-corrected chi connectivity index (χ2v) is 5.28. The SMILES string of the molecule is COCCN(CCOC)Cc1cc(=O)c(O)cn1C(C)C. The van der Waals surface area contributed by atoms with Gasteiger partial charge in [-0.05, 0) is 13.8 Å². The quantitative estimate of drug-likeness (QED) is 0.743. The Kier molecular flexibility index (Phi) is 7.42. The van der Waals surface area contributed by atoms with E-state index in [0.29, 0.717) is 19.8 Å². The molecule has 1 aromatic rings. The van der Waals surface area contributed by atoms with Crippen molar-refractivity contribution in [3.63, 3.8) is 0 Å². The van der Waals surface area contributed by atoms with Gasteiger partial charge < -0.3 is 19.1 Å². The van der Waals surface area contributed by atoms with Crippen molar-refractivity contribution in [1.29, 1.82) is 0 Å². The van der Waals surface area contributed by atoms with Crippen LogP contribution in [0.4, 0.5) is 0 Å². The molecule has 21 heavy (non-hydrogen) atoms. The predicted molar refractivity (Wildman–Crippen MR) is 81.8 cm³/mol. The van der Waals surface area contributed by atoms with Gasteiger partial charge in [0.25, 0.3) is 0 Å². The highest BCUT2D eigenvalue weighted by atomic mass is 16.5. The largest absolute Gasteiger partial charge is 0.503 e. The Morgan fingerprint density at radius 2 is 1.81 bits per heavy atom. The third-order valence-corrected chi connectivity index (χ3v) is 3.31. The van der Waals surface area contributed by atoms with Crippen LogP contribution in [-0.2, 0) is 16.0 Å². The van der Waals surface area contributed by atoms with Gasteiger partial charge in [-0.15, -0.1) is 0 Å².